The van der Waals surface area contributed by atoms with E-state index in [1.807, 2.05) is 12.1 Å². The fourth-order valence-corrected chi connectivity index (χ4v) is 10.00. The number of benzene rings is 10. The zero-order valence-electron chi connectivity index (χ0n) is 37.0. The van der Waals surface area contributed by atoms with Crippen molar-refractivity contribution in [2.45, 2.75) is 0 Å². The third-order valence-electron chi connectivity index (χ3n) is 13.4. The van der Waals surface area contributed by atoms with E-state index in [2.05, 4.69) is 252 Å². The van der Waals surface area contributed by atoms with Gasteiger partial charge in [-0.05, 0) is 112 Å². The van der Waals surface area contributed by atoms with Crippen LogP contribution in [0.3, 0.4) is 0 Å². The third kappa shape index (κ3) is 6.86. The summed E-state index contributed by atoms with van der Waals surface area (Å²) in [5, 5.41) is 4.90. The molecule has 0 aliphatic rings. The molecule has 4 heteroatoms. The van der Waals surface area contributed by atoms with Crippen LogP contribution in [0.2, 0.25) is 0 Å². The topological polar surface area (TPSA) is 35.6 Å². The van der Waals surface area contributed by atoms with Crippen LogP contribution in [0.25, 0.3) is 122 Å². The summed E-state index contributed by atoms with van der Waals surface area (Å²) >= 11 is 0. The van der Waals surface area contributed by atoms with E-state index in [1.54, 1.807) is 0 Å². The van der Waals surface area contributed by atoms with Gasteiger partial charge in [-0.1, -0.05) is 176 Å². The molecule has 0 unspecified atom stereocenters. The first kappa shape index (κ1) is 39.3. The maximum Gasteiger partial charge on any atom is 0.160 e. The summed E-state index contributed by atoms with van der Waals surface area (Å²) < 4.78 is 4.77. The van der Waals surface area contributed by atoms with Crippen molar-refractivity contribution in [2.75, 3.05) is 0 Å². The predicted octanol–water partition coefficient (Wildman–Crippen LogP) is 16.7. The summed E-state index contributed by atoms with van der Waals surface area (Å²) in [4.78, 5) is 10.2. The molecular formula is C64H42N4. The van der Waals surface area contributed by atoms with Gasteiger partial charge in [-0.3, -0.25) is 0 Å². The molecule has 68 heavy (non-hydrogen) atoms. The Hall–Kier alpha value is -9.12. The number of hydrogen-bond acceptors (Lipinski definition) is 2. The Bertz CT molecular complexity index is 3910. The van der Waals surface area contributed by atoms with E-state index < -0.39 is 0 Å². The van der Waals surface area contributed by atoms with Crippen LogP contribution in [0.4, 0.5) is 0 Å². The van der Waals surface area contributed by atoms with Crippen LogP contribution in [0, 0.1) is 0 Å². The molecule has 0 saturated carbocycles. The zero-order valence-corrected chi connectivity index (χ0v) is 37.0. The molecule has 0 aliphatic heterocycles. The molecule has 0 spiro atoms. The Labute approximate surface area is 394 Å². The highest BCUT2D eigenvalue weighted by Crippen LogP contribution is 2.39. The highest BCUT2D eigenvalue weighted by atomic mass is 15.0. The third-order valence-corrected chi connectivity index (χ3v) is 13.4. The number of hydrogen-bond donors (Lipinski definition) is 0. The minimum absolute atomic E-state index is 0.697. The molecule has 0 amide bonds. The van der Waals surface area contributed by atoms with Gasteiger partial charge in [0.05, 0.1) is 33.5 Å². The first-order valence-electron chi connectivity index (χ1n) is 23.1. The van der Waals surface area contributed by atoms with Gasteiger partial charge >= 0.3 is 0 Å². The van der Waals surface area contributed by atoms with Gasteiger partial charge in [-0.2, -0.15) is 0 Å². The number of para-hydroxylation sites is 2. The Morgan fingerprint density at radius 2 is 0.544 bits per heavy atom. The Morgan fingerprint density at radius 3 is 0.985 bits per heavy atom. The smallest absolute Gasteiger partial charge is 0.160 e. The van der Waals surface area contributed by atoms with Gasteiger partial charge in [-0.15, -0.1) is 0 Å². The molecule has 0 bridgehead atoms. The maximum absolute atomic E-state index is 5.09. The second-order valence-electron chi connectivity index (χ2n) is 17.4. The molecule has 10 aromatic carbocycles. The van der Waals surface area contributed by atoms with Crippen molar-refractivity contribution in [1.82, 2.24) is 19.1 Å². The van der Waals surface area contributed by atoms with E-state index in [1.165, 1.54) is 66.0 Å². The van der Waals surface area contributed by atoms with Crippen molar-refractivity contribution in [3.8, 4) is 78.7 Å². The number of fused-ring (bicyclic) bond motifs is 6. The number of aromatic nitrogens is 4. The quantitative estimate of drug-likeness (QED) is 0.153. The van der Waals surface area contributed by atoms with Crippen LogP contribution in [0.1, 0.15) is 0 Å². The highest BCUT2D eigenvalue weighted by Gasteiger charge is 2.17. The van der Waals surface area contributed by atoms with Gasteiger partial charge in [0.25, 0.3) is 0 Å². The second kappa shape index (κ2) is 16.4. The van der Waals surface area contributed by atoms with Crippen LogP contribution < -0.4 is 0 Å². The summed E-state index contributed by atoms with van der Waals surface area (Å²) in [5.74, 6) is 0.697. The van der Waals surface area contributed by atoms with Crippen LogP contribution in [-0.4, -0.2) is 19.1 Å². The molecule has 13 rings (SSSR count). The lowest BCUT2D eigenvalue weighted by Gasteiger charge is -2.12. The van der Waals surface area contributed by atoms with E-state index in [0.717, 1.165) is 50.5 Å². The fraction of sp³-hybridized carbons (Fsp3) is 0. The molecule has 0 atom stereocenters. The Morgan fingerprint density at radius 1 is 0.221 bits per heavy atom. The van der Waals surface area contributed by atoms with Crippen LogP contribution in [0.5, 0.6) is 0 Å². The lowest BCUT2D eigenvalue weighted by atomic mass is 10.00. The SMILES string of the molecule is c1ccc(-c2ccc(-c3ccc(-n4c5ccccc5c5cc(-c6ccc7c(c6)c6ccccc6n7-c6ccc(-c7nc(-c8ccccc8)cc(-c8ccccc8)n7)cc6)ccc54)cc3)cc2)cc1. The standard InChI is InChI=1S/C64H42N4/c1-4-14-43(15-5-1)44-24-26-45(27-25-44)46-28-34-52(35-29-46)67-60-22-12-10-20-54(60)56-40-50(32-38-62(56)67)51-33-39-63-57(41-51)55-21-11-13-23-61(55)68(63)53-36-30-49(31-37-53)64-65-58(47-16-6-2-7-17-47)42-59(66-64)48-18-8-3-9-19-48/h1-42H. The summed E-state index contributed by atoms with van der Waals surface area (Å²) in [6, 6.07) is 91.1. The maximum atomic E-state index is 5.09. The largest absolute Gasteiger partial charge is 0.309 e. The molecule has 3 aromatic heterocycles. The van der Waals surface area contributed by atoms with Crippen molar-refractivity contribution in [1.29, 1.82) is 0 Å². The fourth-order valence-electron chi connectivity index (χ4n) is 10.00. The minimum atomic E-state index is 0.697. The molecule has 13 aromatic rings. The summed E-state index contributed by atoms with van der Waals surface area (Å²) in [6.45, 7) is 0. The molecule has 0 radical (unpaired) electrons. The van der Waals surface area contributed by atoms with Crippen molar-refractivity contribution >= 4 is 43.6 Å². The molecule has 3 heterocycles. The van der Waals surface area contributed by atoms with Gasteiger partial charge in [-0.25, -0.2) is 9.97 Å². The van der Waals surface area contributed by atoms with Crippen molar-refractivity contribution < 1.29 is 0 Å². The molecule has 4 nitrogen and oxygen atoms in total. The predicted molar refractivity (Wildman–Crippen MR) is 283 cm³/mol. The molecule has 0 N–H and O–H groups in total. The van der Waals surface area contributed by atoms with E-state index in [-0.39, 0.29) is 0 Å². The van der Waals surface area contributed by atoms with Gasteiger partial charge in [0.2, 0.25) is 0 Å². The van der Waals surface area contributed by atoms with E-state index >= 15 is 0 Å². The van der Waals surface area contributed by atoms with Gasteiger partial charge in [0.15, 0.2) is 5.82 Å². The van der Waals surface area contributed by atoms with E-state index in [9.17, 15) is 0 Å². The highest BCUT2D eigenvalue weighted by molar-refractivity contribution is 6.12. The Balaban J connectivity index is 0.847. The van der Waals surface area contributed by atoms with Crippen LogP contribution >= 0.6 is 0 Å². The van der Waals surface area contributed by atoms with Crippen molar-refractivity contribution in [3.63, 3.8) is 0 Å². The van der Waals surface area contributed by atoms with Crippen LogP contribution in [-0.2, 0) is 0 Å². The summed E-state index contributed by atoms with van der Waals surface area (Å²) in [5.41, 5.74) is 19.0. The molecular weight excluding hydrogens is 825 g/mol. The zero-order chi connectivity index (χ0) is 45.0. The van der Waals surface area contributed by atoms with Crippen LogP contribution in [0.15, 0.2) is 255 Å². The Kier molecular flexibility index (Phi) is 9.47. The average molecular weight is 867 g/mol. The molecule has 318 valence electrons. The number of nitrogens with zero attached hydrogens (tertiary/aromatic N) is 4. The average Bonchev–Trinajstić information content (AvgIpc) is 3.94. The minimum Gasteiger partial charge on any atom is -0.309 e. The van der Waals surface area contributed by atoms with Crippen molar-refractivity contribution in [3.05, 3.63) is 255 Å². The second-order valence-corrected chi connectivity index (χ2v) is 17.4. The van der Waals surface area contributed by atoms with E-state index in [4.69, 9.17) is 9.97 Å². The summed E-state index contributed by atoms with van der Waals surface area (Å²) in [7, 11) is 0. The first-order valence-corrected chi connectivity index (χ1v) is 23.1. The molecule has 0 saturated heterocycles. The van der Waals surface area contributed by atoms with Gasteiger partial charge in [0, 0.05) is 49.6 Å². The molecule has 0 fully saturated rings. The number of rotatable bonds is 8. The van der Waals surface area contributed by atoms with Gasteiger partial charge < -0.3 is 9.13 Å². The first-order chi connectivity index (χ1) is 33.7. The normalized spacial score (nSPS) is 11.5. The lowest BCUT2D eigenvalue weighted by molar-refractivity contribution is 1.16. The van der Waals surface area contributed by atoms with Crippen molar-refractivity contribution in [2.24, 2.45) is 0 Å². The van der Waals surface area contributed by atoms with Gasteiger partial charge in [0.1, 0.15) is 0 Å². The molecule has 0 aliphatic carbocycles. The van der Waals surface area contributed by atoms with E-state index in [0.29, 0.717) is 5.82 Å². The lowest BCUT2D eigenvalue weighted by Crippen LogP contribution is -1.97. The monoisotopic (exact) mass is 866 g/mol. The summed E-state index contributed by atoms with van der Waals surface area (Å²) in [6.07, 6.45) is 0.